The van der Waals surface area contributed by atoms with Gasteiger partial charge in [0.05, 0.1) is 5.69 Å². The maximum Gasteiger partial charge on any atom is 0.297 e. The first-order valence-corrected chi connectivity index (χ1v) is 7.56. The minimum absolute atomic E-state index is 0.625. The van der Waals surface area contributed by atoms with Crippen molar-refractivity contribution in [2.75, 3.05) is 18.5 Å². The third kappa shape index (κ3) is 3.96. The van der Waals surface area contributed by atoms with Crippen LogP contribution in [0.5, 0.6) is 0 Å². The summed E-state index contributed by atoms with van der Waals surface area (Å²) >= 11 is 0. The second-order valence-electron chi connectivity index (χ2n) is 5.97. The molecule has 19 heavy (non-hydrogen) atoms. The van der Waals surface area contributed by atoms with E-state index in [0.29, 0.717) is 6.04 Å². The van der Waals surface area contributed by atoms with Crippen LogP contribution in [0.15, 0.2) is 10.7 Å². The third-order valence-electron chi connectivity index (χ3n) is 3.86. The molecule has 2 rings (SSSR count). The van der Waals surface area contributed by atoms with E-state index in [4.69, 9.17) is 4.42 Å². The lowest BCUT2D eigenvalue weighted by atomic mass is 10.1. The Labute approximate surface area is 116 Å². The molecule has 0 unspecified atom stereocenters. The fraction of sp³-hybridized carbons (Fsp3) is 0.800. The number of hydrogen-bond acceptors (Lipinski definition) is 4. The summed E-state index contributed by atoms with van der Waals surface area (Å²) in [6, 6.07) is 1.44. The molecule has 1 aliphatic carbocycles. The summed E-state index contributed by atoms with van der Waals surface area (Å²) in [5.74, 6) is 0.718. The summed E-state index contributed by atoms with van der Waals surface area (Å²) in [6.07, 6.45) is 8.22. The fourth-order valence-corrected chi connectivity index (χ4v) is 2.74. The minimum Gasteiger partial charge on any atom is -0.432 e. The predicted molar refractivity (Wildman–Crippen MR) is 78.3 cm³/mol. The van der Waals surface area contributed by atoms with Crippen molar-refractivity contribution in [2.24, 2.45) is 5.92 Å². The van der Waals surface area contributed by atoms with Gasteiger partial charge in [0.1, 0.15) is 6.26 Å². The first-order chi connectivity index (χ1) is 9.20. The summed E-state index contributed by atoms with van der Waals surface area (Å²) < 4.78 is 5.70. The van der Waals surface area contributed by atoms with Crippen molar-refractivity contribution < 1.29 is 4.42 Å². The van der Waals surface area contributed by atoms with E-state index in [1.165, 1.54) is 32.1 Å². The molecular weight excluding hydrogens is 238 g/mol. The molecule has 1 aromatic rings. The molecule has 0 amide bonds. The standard InChI is InChI=1S/C15H27N3O/c1-12(2)8-9-18(14-6-4-5-7-14)15-17-13(10-16-3)11-19-15/h11-12,14,16H,4-10H2,1-3H3. The summed E-state index contributed by atoms with van der Waals surface area (Å²) in [5, 5.41) is 3.12. The molecule has 0 radical (unpaired) electrons. The maximum absolute atomic E-state index is 5.70. The molecule has 1 aromatic heterocycles. The monoisotopic (exact) mass is 265 g/mol. The van der Waals surface area contributed by atoms with Gasteiger partial charge in [0.2, 0.25) is 0 Å². The van der Waals surface area contributed by atoms with Crippen molar-refractivity contribution in [2.45, 2.75) is 58.5 Å². The lowest BCUT2D eigenvalue weighted by Crippen LogP contribution is -2.35. The molecule has 1 heterocycles. The van der Waals surface area contributed by atoms with Gasteiger partial charge in [0.25, 0.3) is 6.01 Å². The molecule has 0 spiro atoms. The van der Waals surface area contributed by atoms with Gasteiger partial charge in [0, 0.05) is 19.1 Å². The number of nitrogens with zero attached hydrogens (tertiary/aromatic N) is 2. The van der Waals surface area contributed by atoms with Crippen LogP contribution in [-0.2, 0) is 6.54 Å². The topological polar surface area (TPSA) is 41.3 Å². The molecule has 0 aliphatic heterocycles. The molecule has 1 aliphatic rings. The van der Waals surface area contributed by atoms with Gasteiger partial charge in [0.15, 0.2) is 0 Å². The first-order valence-electron chi connectivity index (χ1n) is 7.56. The number of rotatable bonds is 7. The van der Waals surface area contributed by atoms with Gasteiger partial charge >= 0.3 is 0 Å². The summed E-state index contributed by atoms with van der Waals surface area (Å²) in [6.45, 7) is 6.37. The number of nitrogens with one attached hydrogen (secondary N) is 1. The smallest absolute Gasteiger partial charge is 0.297 e. The van der Waals surface area contributed by atoms with Crippen LogP contribution in [0.4, 0.5) is 6.01 Å². The van der Waals surface area contributed by atoms with E-state index in [9.17, 15) is 0 Å². The van der Waals surface area contributed by atoms with Gasteiger partial charge < -0.3 is 14.6 Å². The summed E-state index contributed by atoms with van der Waals surface area (Å²) in [4.78, 5) is 7.01. The van der Waals surface area contributed by atoms with Gasteiger partial charge in [-0.15, -0.1) is 0 Å². The Balaban J connectivity index is 2.05. The van der Waals surface area contributed by atoms with Crippen LogP contribution in [-0.4, -0.2) is 24.6 Å². The van der Waals surface area contributed by atoms with Crippen molar-refractivity contribution in [1.29, 1.82) is 0 Å². The van der Waals surface area contributed by atoms with Crippen molar-refractivity contribution >= 4 is 6.01 Å². The van der Waals surface area contributed by atoms with Crippen LogP contribution in [0.2, 0.25) is 0 Å². The molecule has 4 heteroatoms. The Morgan fingerprint density at radius 3 is 2.79 bits per heavy atom. The Bertz CT molecular complexity index is 369. The van der Waals surface area contributed by atoms with Gasteiger partial charge in [-0.2, -0.15) is 4.98 Å². The Morgan fingerprint density at radius 1 is 1.42 bits per heavy atom. The Morgan fingerprint density at radius 2 is 2.16 bits per heavy atom. The molecular formula is C15H27N3O. The highest BCUT2D eigenvalue weighted by molar-refractivity contribution is 5.29. The van der Waals surface area contributed by atoms with Crippen molar-refractivity contribution in [3.63, 3.8) is 0 Å². The van der Waals surface area contributed by atoms with Gasteiger partial charge in [-0.25, -0.2) is 0 Å². The normalized spacial score (nSPS) is 16.4. The zero-order chi connectivity index (χ0) is 13.7. The molecule has 0 bridgehead atoms. The van der Waals surface area contributed by atoms with Crippen molar-refractivity contribution in [3.8, 4) is 0 Å². The SMILES string of the molecule is CNCc1coc(N(CCC(C)C)C2CCCC2)n1. The van der Waals surface area contributed by atoms with Gasteiger partial charge in [-0.05, 0) is 32.2 Å². The quantitative estimate of drug-likeness (QED) is 0.822. The molecule has 1 fully saturated rings. The highest BCUT2D eigenvalue weighted by Crippen LogP contribution is 2.28. The van der Waals surface area contributed by atoms with Crippen LogP contribution in [0.25, 0.3) is 0 Å². The molecule has 1 saturated carbocycles. The predicted octanol–water partition coefficient (Wildman–Crippen LogP) is 3.19. The molecule has 0 saturated heterocycles. The van der Waals surface area contributed by atoms with E-state index in [2.05, 4.69) is 29.0 Å². The number of aromatic nitrogens is 1. The maximum atomic E-state index is 5.70. The van der Waals surface area contributed by atoms with Crippen LogP contribution in [0, 0.1) is 5.92 Å². The Kier molecular flexibility index (Phi) is 5.25. The van der Waals surface area contributed by atoms with Crippen molar-refractivity contribution in [3.05, 3.63) is 12.0 Å². The minimum atomic E-state index is 0.625. The Hall–Kier alpha value is -1.03. The lowest BCUT2D eigenvalue weighted by Gasteiger charge is -2.28. The van der Waals surface area contributed by atoms with E-state index in [1.807, 2.05) is 7.05 Å². The summed E-state index contributed by atoms with van der Waals surface area (Å²) in [7, 11) is 1.93. The van der Waals surface area contributed by atoms with E-state index in [0.717, 1.165) is 30.7 Å². The average Bonchev–Trinajstić information content (AvgIpc) is 3.01. The second-order valence-corrected chi connectivity index (χ2v) is 5.97. The molecule has 0 aromatic carbocycles. The largest absolute Gasteiger partial charge is 0.432 e. The zero-order valence-corrected chi connectivity index (χ0v) is 12.5. The van der Waals surface area contributed by atoms with Crippen LogP contribution in [0.3, 0.4) is 0 Å². The second kappa shape index (κ2) is 6.94. The zero-order valence-electron chi connectivity index (χ0n) is 12.5. The third-order valence-corrected chi connectivity index (χ3v) is 3.86. The lowest BCUT2D eigenvalue weighted by molar-refractivity contribution is 0.466. The fourth-order valence-electron chi connectivity index (χ4n) is 2.74. The first kappa shape index (κ1) is 14.4. The molecule has 108 valence electrons. The van der Waals surface area contributed by atoms with Gasteiger partial charge in [-0.1, -0.05) is 26.7 Å². The number of oxazole rings is 1. The van der Waals surface area contributed by atoms with Gasteiger partial charge in [-0.3, -0.25) is 0 Å². The van der Waals surface area contributed by atoms with E-state index in [1.54, 1.807) is 6.26 Å². The molecule has 1 N–H and O–H groups in total. The van der Waals surface area contributed by atoms with Crippen molar-refractivity contribution in [1.82, 2.24) is 10.3 Å². The van der Waals surface area contributed by atoms with E-state index < -0.39 is 0 Å². The molecule has 4 nitrogen and oxygen atoms in total. The van der Waals surface area contributed by atoms with Crippen LogP contribution in [0.1, 0.15) is 51.6 Å². The highest BCUT2D eigenvalue weighted by atomic mass is 16.4. The number of hydrogen-bond donors (Lipinski definition) is 1. The molecule has 0 atom stereocenters. The van der Waals surface area contributed by atoms with Crippen LogP contribution < -0.4 is 10.2 Å². The number of anilines is 1. The average molecular weight is 265 g/mol. The van der Waals surface area contributed by atoms with Crippen LogP contribution >= 0.6 is 0 Å². The van der Waals surface area contributed by atoms with E-state index in [-0.39, 0.29) is 0 Å². The summed E-state index contributed by atoms with van der Waals surface area (Å²) in [5.41, 5.74) is 0.991. The van der Waals surface area contributed by atoms with E-state index >= 15 is 0 Å². The highest BCUT2D eigenvalue weighted by Gasteiger charge is 2.25.